The Bertz CT molecular complexity index is 422. The first kappa shape index (κ1) is 23.9. The van der Waals surface area contributed by atoms with E-state index in [9.17, 15) is 0 Å². The maximum atomic E-state index is 4.10. The van der Waals surface area contributed by atoms with E-state index in [1.54, 1.807) is 22.3 Å². The quantitative estimate of drug-likeness (QED) is 0.240. The third kappa shape index (κ3) is 9.42. The zero-order valence-electron chi connectivity index (χ0n) is 16.2. The normalized spacial score (nSPS) is 13.4. The summed E-state index contributed by atoms with van der Waals surface area (Å²) in [5.74, 6) is 0. The second kappa shape index (κ2) is 14.1. The second-order valence-corrected chi connectivity index (χ2v) is 8.80. The van der Waals surface area contributed by atoms with Crippen LogP contribution in [0.25, 0.3) is 0 Å². The van der Waals surface area contributed by atoms with Gasteiger partial charge in [-0.1, -0.05) is 110 Å². The lowest BCUT2D eigenvalue weighted by Crippen LogP contribution is -2.03. The van der Waals surface area contributed by atoms with Gasteiger partial charge in [0.25, 0.3) is 0 Å². The Morgan fingerprint density at radius 3 is 1.08 bits per heavy atom. The van der Waals surface area contributed by atoms with Gasteiger partial charge in [0.2, 0.25) is 0 Å². The molecule has 0 nitrogen and oxygen atoms in total. The second-order valence-electron chi connectivity index (χ2n) is 6.55. The summed E-state index contributed by atoms with van der Waals surface area (Å²) in [6.45, 7) is 17.3. The average molecular weight is 460 g/mol. The third-order valence-corrected chi connectivity index (χ3v) is 4.69. The Morgan fingerprint density at radius 1 is 0.583 bits per heavy atom. The van der Waals surface area contributed by atoms with Crippen LogP contribution in [0.15, 0.2) is 44.4 Å². The molecule has 0 aliphatic heterocycles. The highest BCUT2D eigenvalue weighted by atomic mass is 79.9. The molecule has 0 heterocycles. The molecular weight excluding hydrogens is 424 g/mol. The van der Waals surface area contributed by atoms with Gasteiger partial charge in [-0.2, -0.15) is 0 Å². The summed E-state index contributed by atoms with van der Waals surface area (Å²) in [7, 11) is 0. The van der Waals surface area contributed by atoms with Crippen LogP contribution in [0.5, 0.6) is 0 Å². The van der Waals surface area contributed by atoms with Gasteiger partial charge in [0, 0.05) is 0 Å². The average Bonchev–Trinajstić information content (AvgIpc) is 2.49. The lowest BCUT2D eigenvalue weighted by molar-refractivity contribution is 0.770. The summed E-state index contributed by atoms with van der Waals surface area (Å²) < 4.78 is 2.19. The summed E-state index contributed by atoms with van der Waals surface area (Å²) in [6, 6.07) is 0. The van der Waals surface area contributed by atoms with Crippen LogP contribution >= 0.6 is 31.9 Å². The molecule has 0 aliphatic carbocycles. The van der Waals surface area contributed by atoms with E-state index in [2.05, 4.69) is 72.7 Å². The monoisotopic (exact) mass is 458 g/mol. The minimum Gasteiger partial charge on any atom is -0.0885 e. The van der Waals surface area contributed by atoms with Crippen LogP contribution in [0.1, 0.15) is 91.9 Å². The molecule has 0 saturated carbocycles. The molecule has 0 aromatic heterocycles. The van der Waals surface area contributed by atoms with Crippen LogP contribution in [0.2, 0.25) is 0 Å². The van der Waals surface area contributed by atoms with Crippen LogP contribution in [0, 0.1) is 0 Å². The van der Waals surface area contributed by atoms with Crippen molar-refractivity contribution in [2.75, 3.05) is 0 Å². The maximum Gasteiger partial charge on any atom is -0.0000699 e. The highest BCUT2D eigenvalue weighted by Crippen LogP contribution is 2.36. The Hall–Kier alpha value is -0.0800. The fourth-order valence-corrected chi connectivity index (χ4v) is 4.02. The van der Waals surface area contributed by atoms with Crippen molar-refractivity contribution >= 4 is 31.9 Å². The molecule has 2 heteroatoms. The van der Waals surface area contributed by atoms with Gasteiger partial charge in [-0.3, -0.25) is 0 Å². The minimum absolute atomic E-state index is 0.977. The highest BCUT2D eigenvalue weighted by Gasteiger charge is 2.16. The lowest BCUT2D eigenvalue weighted by Gasteiger charge is -2.22. The fraction of sp³-hybridized carbons (Fsp3) is 0.636. The SMILES string of the molecule is C=C(Br)C/C(CCC)=C(CCC)\C(CCC)=C(\CCC)CC(=C)Br. The zero-order chi connectivity index (χ0) is 18.5. The van der Waals surface area contributed by atoms with Crippen molar-refractivity contribution in [2.24, 2.45) is 0 Å². The molecule has 0 aromatic carbocycles. The van der Waals surface area contributed by atoms with Crippen molar-refractivity contribution in [3.63, 3.8) is 0 Å². The molecule has 0 bridgehead atoms. The molecule has 0 atom stereocenters. The van der Waals surface area contributed by atoms with Gasteiger partial charge in [-0.15, -0.1) is 0 Å². The van der Waals surface area contributed by atoms with E-state index in [0.29, 0.717) is 0 Å². The van der Waals surface area contributed by atoms with Crippen LogP contribution < -0.4 is 0 Å². The van der Waals surface area contributed by atoms with Crippen molar-refractivity contribution in [3.05, 3.63) is 44.4 Å². The topological polar surface area (TPSA) is 0 Å². The Labute approximate surface area is 167 Å². The van der Waals surface area contributed by atoms with Gasteiger partial charge in [-0.25, -0.2) is 0 Å². The van der Waals surface area contributed by atoms with E-state index >= 15 is 0 Å². The third-order valence-electron chi connectivity index (χ3n) is 4.13. The first-order valence-electron chi connectivity index (χ1n) is 9.49. The van der Waals surface area contributed by atoms with E-state index in [0.717, 1.165) is 21.8 Å². The molecule has 0 amide bonds. The van der Waals surface area contributed by atoms with E-state index < -0.39 is 0 Å². The van der Waals surface area contributed by atoms with E-state index in [-0.39, 0.29) is 0 Å². The minimum atomic E-state index is 0.977. The number of halogens is 2. The van der Waals surface area contributed by atoms with Crippen LogP contribution in [-0.2, 0) is 0 Å². The highest BCUT2D eigenvalue weighted by molar-refractivity contribution is 9.12. The number of hydrogen-bond donors (Lipinski definition) is 0. The molecule has 138 valence electrons. The first-order valence-corrected chi connectivity index (χ1v) is 11.1. The van der Waals surface area contributed by atoms with Gasteiger partial charge < -0.3 is 0 Å². The first-order chi connectivity index (χ1) is 11.4. The molecule has 24 heavy (non-hydrogen) atoms. The summed E-state index contributed by atoms with van der Waals surface area (Å²) in [4.78, 5) is 0. The molecular formula is C22H36Br2. The van der Waals surface area contributed by atoms with Crippen molar-refractivity contribution < 1.29 is 0 Å². The molecule has 0 aromatic rings. The summed E-state index contributed by atoms with van der Waals surface area (Å²) >= 11 is 7.19. The van der Waals surface area contributed by atoms with Crippen molar-refractivity contribution in [2.45, 2.75) is 91.9 Å². The van der Waals surface area contributed by atoms with Crippen LogP contribution in [-0.4, -0.2) is 0 Å². The predicted octanol–water partition coefficient (Wildman–Crippen LogP) is 9.38. The number of allylic oxidation sites excluding steroid dienone is 6. The fourth-order valence-electron chi connectivity index (χ4n) is 3.34. The summed E-state index contributed by atoms with van der Waals surface area (Å²) in [6.07, 6.45) is 11.4. The molecule has 0 unspecified atom stereocenters. The summed E-state index contributed by atoms with van der Waals surface area (Å²) in [5, 5.41) is 0. The van der Waals surface area contributed by atoms with Gasteiger partial charge in [0.1, 0.15) is 0 Å². The number of rotatable bonds is 13. The van der Waals surface area contributed by atoms with Crippen molar-refractivity contribution in [3.8, 4) is 0 Å². The standard InChI is InChI=1S/C22H36Br2/c1-7-11-19(15-17(5)23)21(13-9-3)22(14-10-4)20(12-8-2)16-18(6)24/h5-16H2,1-4H3/b21-19-,22-20-. The van der Waals surface area contributed by atoms with Crippen LogP contribution in [0.4, 0.5) is 0 Å². The Balaban J connectivity index is 6.25. The lowest BCUT2D eigenvalue weighted by atomic mass is 9.84. The molecule has 0 spiro atoms. The largest absolute Gasteiger partial charge is 0.0885 e. The predicted molar refractivity (Wildman–Crippen MR) is 119 cm³/mol. The van der Waals surface area contributed by atoms with Crippen molar-refractivity contribution in [1.82, 2.24) is 0 Å². The van der Waals surface area contributed by atoms with Gasteiger partial charge in [-0.05, 0) is 58.6 Å². The van der Waals surface area contributed by atoms with E-state index in [1.165, 1.54) is 51.4 Å². The van der Waals surface area contributed by atoms with Gasteiger partial charge in [0.05, 0.1) is 0 Å². The smallest absolute Gasteiger partial charge is 0.0000699 e. The molecule has 0 rings (SSSR count). The zero-order valence-corrected chi connectivity index (χ0v) is 19.4. The van der Waals surface area contributed by atoms with E-state index in [1.807, 2.05) is 0 Å². The van der Waals surface area contributed by atoms with Crippen molar-refractivity contribution in [1.29, 1.82) is 0 Å². The molecule has 0 radical (unpaired) electrons. The van der Waals surface area contributed by atoms with Crippen LogP contribution in [0.3, 0.4) is 0 Å². The number of hydrogen-bond acceptors (Lipinski definition) is 0. The molecule has 0 aliphatic rings. The van der Waals surface area contributed by atoms with Gasteiger partial charge in [0.15, 0.2) is 0 Å². The maximum absolute atomic E-state index is 4.10. The Kier molecular flexibility index (Phi) is 14.1. The molecule has 0 fully saturated rings. The summed E-state index contributed by atoms with van der Waals surface area (Å²) in [5.41, 5.74) is 6.38. The molecule has 0 N–H and O–H groups in total. The van der Waals surface area contributed by atoms with Gasteiger partial charge >= 0.3 is 0 Å². The molecule has 0 saturated heterocycles. The Morgan fingerprint density at radius 2 is 0.875 bits per heavy atom. The van der Waals surface area contributed by atoms with E-state index in [4.69, 9.17) is 0 Å².